The maximum Gasteiger partial charge on any atom is 0.358 e. The molecule has 0 aromatic carbocycles. The minimum absolute atomic E-state index is 0.165. The number of carbonyl (C=O) groups excluding carboxylic acids is 1. The second-order valence-electron chi connectivity index (χ2n) is 5.87. The van der Waals surface area contributed by atoms with Crippen LogP contribution >= 0.6 is 10.2 Å². The summed E-state index contributed by atoms with van der Waals surface area (Å²) in [5.74, 6) is -0.778. The first kappa shape index (κ1) is 17.9. The summed E-state index contributed by atoms with van der Waals surface area (Å²) < 4.78 is 32.3. The van der Waals surface area contributed by atoms with Crippen LogP contribution in [0.2, 0.25) is 0 Å². The monoisotopic (exact) mass is 334 g/mol. The molecule has 0 aliphatic carbocycles. The van der Waals surface area contributed by atoms with Gasteiger partial charge in [0.1, 0.15) is 4.90 Å². The Hall–Kier alpha value is -1.12. The van der Waals surface area contributed by atoms with Crippen LogP contribution in [-0.4, -0.2) is 43.7 Å². The van der Waals surface area contributed by atoms with Crippen molar-refractivity contribution >= 4 is 26.2 Å². The number of nitrogens with one attached hydrogen (secondary N) is 1. The summed E-state index contributed by atoms with van der Waals surface area (Å²) in [5, 5.41) is 0. The van der Waals surface area contributed by atoms with Gasteiger partial charge < -0.3 is 4.74 Å². The van der Waals surface area contributed by atoms with E-state index in [4.69, 9.17) is 0 Å². The van der Waals surface area contributed by atoms with E-state index in [0.717, 1.165) is 0 Å². The van der Waals surface area contributed by atoms with Gasteiger partial charge in [0.25, 0.3) is 10.0 Å². The van der Waals surface area contributed by atoms with Gasteiger partial charge in [-0.2, -0.15) is 14.3 Å². The fourth-order valence-corrected chi connectivity index (χ4v) is 5.50. The highest BCUT2D eigenvalue weighted by molar-refractivity contribution is 8.36. The number of rotatable bonds is 4. The van der Waals surface area contributed by atoms with E-state index in [1.54, 1.807) is 0 Å². The Labute approximate surface area is 127 Å². The molecule has 0 unspecified atom stereocenters. The maximum atomic E-state index is 12.6. The summed E-state index contributed by atoms with van der Waals surface area (Å²) in [4.78, 5) is 15.3. The number of pyridine rings is 1. The van der Waals surface area contributed by atoms with E-state index in [9.17, 15) is 13.2 Å². The minimum Gasteiger partial charge on any atom is -0.464 e. The summed E-state index contributed by atoms with van der Waals surface area (Å²) in [6.45, 7) is 5.90. The van der Waals surface area contributed by atoms with Gasteiger partial charge >= 0.3 is 5.97 Å². The molecule has 21 heavy (non-hydrogen) atoms. The van der Waals surface area contributed by atoms with Gasteiger partial charge in [-0.1, -0.05) is 20.8 Å². The SMILES string of the molecule is COC(=O)c1ncccc1S(=O)(=O)NS(C)(C)C(C)(C)C. The quantitative estimate of drug-likeness (QED) is 0.850. The van der Waals surface area contributed by atoms with Crippen LogP contribution in [0.3, 0.4) is 0 Å². The van der Waals surface area contributed by atoms with E-state index in [1.807, 2.05) is 33.3 Å². The van der Waals surface area contributed by atoms with Crippen LogP contribution in [0.1, 0.15) is 31.3 Å². The molecule has 0 spiro atoms. The molecule has 120 valence electrons. The van der Waals surface area contributed by atoms with E-state index < -0.39 is 26.2 Å². The number of nitrogens with zero attached hydrogens (tertiary/aromatic N) is 1. The van der Waals surface area contributed by atoms with E-state index in [2.05, 4.69) is 13.8 Å². The zero-order valence-electron chi connectivity index (χ0n) is 13.1. The molecule has 8 heteroatoms. The van der Waals surface area contributed by atoms with Crippen LogP contribution in [-0.2, 0) is 14.8 Å². The second-order valence-corrected chi connectivity index (χ2v) is 11.9. The van der Waals surface area contributed by atoms with Crippen molar-refractivity contribution in [3.05, 3.63) is 24.0 Å². The Balaban J connectivity index is 3.31. The van der Waals surface area contributed by atoms with E-state index >= 15 is 0 Å². The molecule has 0 radical (unpaired) electrons. The molecular weight excluding hydrogens is 312 g/mol. The number of ether oxygens (including phenoxy) is 1. The number of esters is 1. The first-order valence-corrected chi connectivity index (χ1v) is 10.2. The van der Waals surface area contributed by atoms with Crippen LogP contribution in [0, 0.1) is 0 Å². The second kappa shape index (κ2) is 5.94. The van der Waals surface area contributed by atoms with Crippen LogP contribution in [0.15, 0.2) is 23.2 Å². The fraction of sp³-hybridized carbons (Fsp3) is 0.538. The lowest BCUT2D eigenvalue weighted by atomic mass is 10.3. The number of hydrogen-bond acceptors (Lipinski definition) is 5. The normalized spacial score (nSPS) is 13.8. The summed E-state index contributed by atoms with van der Waals surface area (Å²) in [5.41, 5.74) is -0.211. The van der Waals surface area contributed by atoms with Gasteiger partial charge in [-0.25, -0.2) is 18.2 Å². The molecule has 6 nitrogen and oxygen atoms in total. The van der Waals surface area contributed by atoms with Crippen molar-refractivity contribution in [3.8, 4) is 0 Å². The van der Waals surface area contributed by atoms with Gasteiger partial charge in [-0.3, -0.25) is 0 Å². The Morgan fingerprint density at radius 3 is 2.33 bits per heavy atom. The van der Waals surface area contributed by atoms with Crippen molar-refractivity contribution in [2.75, 3.05) is 19.6 Å². The van der Waals surface area contributed by atoms with E-state index in [0.29, 0.717) is 0 Å². The lowest BCUT2D eigenvalue weighted by molar-refractivity contribution is 0.0589. The summed E-state index contributed by atoms with van der Waals surface area (Å²) in [6, 6.07) is 2.82. The summed E-state index contributed by atoms with van der Waals surface area (Å²) >= 11 is 0. The standard InChI is InChI=1S/C13H22N2O4S2/c1-13(2,3)20(5,6)15-21(17,18)10-8-7-9-14-11(10)12(16)19-4/h7-9,15H,1-6H3. The zero-order chi connectivity index (χ0) is 16.5. The van der Waals surface area contributed by atoms with Gasteiger partial charge in [0.05, 0.1) is 7.11 Å². The molecule has 0 aliphatic rings. The van der Waals surface area contributed by atoms with Crippen LogP contribution in [0.4, 0.5) is 0 Å². The van der Waals surface area contributed by atoms with Crippen molar-refractivity contribution in [3.63, 3.8) is 0 Å². The van der Waals surface area contributed by atoms with E-state index in [-0.39, 0.29) is 15.3 Å². The first-order chi connectivity index (χ1) is 9.42. The summed E-state index contributed by atoms with van der Waals surface area (Å²) in [7, 11) is -4.35. The predicted molar refractivity (Wildman–Crippen MR) is 85.1 cm³/mol. The first-order valence-electron chi connectivity index (χ1n) is 6.22. The molecule has 1 heterocycles. The number of hydrogen-bond donors (Lipinski definition) is 1. The van der Waals surface area contributed by atoms with Crippen LogP contribution in [0.5, 0.6) is 0 Å². The Kier molecular flexibility index (Phi) is 5.07. The molecule has 1 aromatic heterocycles. The maximum absolute atomic E-state index is 12.6. The van der Waals surface area contributed by atoms with Crippen molar-refractivity contribution < 1.29 is 17.9 Å². The van der Waals surface area contributed by atoms with Gasteiger partial charge in [-0.15, -0.1) is 0 Å². The molecule has 1 N–H and O–H groups in total. The third-order valence-corrected chi connectivity index (χ3v) is 9.80. The van der Waals surface area contributed by atoms with Crippen LogP contribution in [0.25, 0.3) is 0 Å². The fourth-order valence-electron chi connectivity index (χ4n) is 1.30. The molecule has 0 atom stereocenters. The highest BCUT2D eigenvalue weighted by Gasteiger charge is 2.34. The Morgan fingerprint density at radius 1 is 1.29 bits per heavy atom. The highest BCUT2D eigenvalue weighted by atomic mass is 32.3. The molecule has 0 bridgehead atoms. The van der Waals surface area contributed by atoms with Gasteiger partial charge in [0.2, 0.25) is 0 Å². The lowest BCUT2D eigenvalue weighted by Gasteiger charge is -2.44. The Morgan fingerprint density at radius 2 is 1.86 bits per heavy atom. The third-order valence-electron chi connectivity index (χ3n) is 3.29. The highest BCUT2D eigenvalue weighted by Crippen LogP contribution is 2.50. The number of methoxy groups -OCH3 is 1. The van der Waals surface area contributed by atoms with Gasteiger partial charge in [-0.05, 0) is 24.6 Å². The number of carbonyl (C=O) groups is 1. The Bertz CT molecular complexity index is 634. The third kappa shape index (κ3) is 3.96. The zero-order valence-corrected chi connectivity index (χ0v) is 14.8. The number of aromatic nitrogens is 1. The lowest BCUT2D eigenvalue weighted by Crippen LogP contribution is -2.38. The molecule has 0 amide bonds. The minimum atomic E-state index is -3.86. The average molecular weight is 334 g/mol. The molecular formula is C13H22N2O4S2. The van der Waals surface area contributed by atoms with Crippen molar-refractivity contribution in [2.24, 2.45) is 0 Å². The molecule has 0 saturated carbocycles. The van der Waals surface area contributed by atoms with E-state index in [1.165, 1.54) is 25.4 Å². The van der Waals surface area contributed by atoms with Crippen molar-refractivity contribution in [2.45, 2.75) is 30.4 Å². The molecule has 1 rings (SSSR count). The summed E-state index contributed by atoms with van der Waals surface area (Å²) in [6.07, 6.45) is 5.10. The molecule has 1 aromatic rings. The van der Waals surface area contributed by atoms with Crippen LogP contribution < -0.4 is 4.13 Å². The van der Waals surface area contributed by atoms with Gasteiger partial charge in [0.15, 0.2) is 5.69 Å². The van der Waals surface area contributed by atoms with Crippen molar-refractivity contribution in [1.29, 1.82) is 0 Å². The predicted octanol–water partition coefficient (Wildman–Crippen LogP) is 1.92. The average Bonchev–Trinajstić information content (AvgIpc) is 2.35. The number of sulfonamides is 1. The van der Waals surface area contributed by atoms with Crippen molar-refractivity contribution in [1.82, 2.24) is 9.11 Å². The molecule has 0 aliphatic heterocycles. The largest absolute Gasteiger partial charge is 0.464 e. The smallest absolute Gasteiger partial charge is 0.358 e. The van der Waals surface area contributed by atoms with Gasteiger partial charge in [0, 0.05) is 10.9 Å². The molecule has 0 fully saturated rings. The molecule has 0 saturated heterocycles. The topological polar surface area (TPSA) is 85.4 Å².